The van der Waals surface area contributed by atoms with Crippen LogP contribution < -0.4 is 0 Å². The van der Waals surface area contributed by atoms with Crippen molar-refractivity contribution in [3.63, 3.8) is 0 Å². The third-order valence-corrected chi connectivity index (χ3v) is 2.37. The molecular weight excluding hydrogens is 280 g/mol. The summed E-state index contributed by atoms with van der Waals surface area (Å²) < 4.78 is 5.25. The van der Waals surface area contributed by atoms with Crippen LogP contribution in [0, 0.1) is 17.8 Å². The van der Waals surface area contributed by atoms with E-state index in [-0.39, 0.29) is 6.09 Å². The lowest BCUT2D eigenvalue weighted by Crippen LogP contribution is -2.37. The predicted octanol–water partition coefficient (Wildman–Crippen LogP) is 3.26. The van der Waals surface area contributed by atoms with Gasteiger partial charge in [-0.05, 0) is 17.8 Å². The van der Waals surface area contributed by atoms with E-state index in [2.05, 4.69) is 42.6 Å². The van der Waals surface area contributed by atoms with Gasteiger partial charge in [-0.25, -0.2) is 19.7 Å². The molecule has 1 amide bonds. The Hall–Kier alpha value is -1.72. The van der Waals surface area contributed by atoms with Crippen molar-refractivity contribution < 1.29 is 9.53 Å². The molecule has 0 fully saturated rings. The molecule has 0 saturated carbocycles. The summed E-state index contributed by atoms with van der Waals surface area (Å²) in [5.74, 6) is 1.35. The lowest BCUT2D eigenvalue weighted by Gasteiger charge is -2.26. The van der Waals surface area contributed by atoms with Gasteiger partial charge < -0.3 is 9.64 Å². The quantitative estimate of drug-likeness (QED) is 0.806. The molecular formula is C16H30N4O2. The molecule has 0 bridgehead atoms. The van der Waals surface area contributed by atoms with Crippen LogP contribution in [0.25, 0.3) is 0 Å². The molecule has 22 heavy (non-hydrogen) atoms. The van der Waals surface area contributed by atoms with Crippen LogP contribution in [0.1, 0.15) is 41.5 Å². The smallest absolute Gasteiger partial charge is 0.409 e. The van der Waals surface area contributed by atoms with Crippen molar-refractivity contribution >= 4 is 6.09 Å². The standard InChI is InChI=1S/C13H27NO2.C3H3N3/c1-10(2)7-14(8-11(3)4)13(15)16-9-12(5)6;1-4-2-6-3-5-1/h10-12H,7-9H2,1-6H3;1-3H. The Bertz CT molecular complexity index is 346. The first-order valence-electron chi connectivity index (χ1n) is 7.79. The van der Waals surface area contributed by atoms with Gasteiger partial charge in [0.1, 0.15) is 19.0 Å². The Balaban J connectivity index is 0.000000604. The fourth-order valence-electron chi connectivity index (χ4n) is 1.64. The number of carbonyl (C=O) groups excluding carboxylic acids is 1. The Kier molecular flexibility index (Phi) is 11.0. The first kappa shape index (κ1) is 20.3. The highest BCUT2D eigenvalue weighted by molar-refractivity contribution is 5.67. The van der Waals surface area contributed by atoms with Crippen LogP contribution >= 0.6 is 0 Å². The zero-order valence-electron chi connectivity index (χ0n) is 14.7. The second-order valence-electron chi connectivity index (χ2n) is 6.46. The average molecular weight is 310 g/mol. The molecule has 0 spiro atoms. The number of ether oxygens (including phenoxy) is 1. The Morgan fingerprint density at radius 2 is 1.27 bits per heavy atom. The van der Waals surface area contributed by atoms with E-state index in [9.17, 15) is 4.79 Å². The minimum absolute atomic E-state index is 0.170. The van der Waals surface area contributed by atoms with Gasteiger partial charge in [0.25, 0.3) is 0 Å². The number of amides is 1. The van der Waals surface area contributed by atoms with Crippen molar-refractivity contribution in [2.45, 2.75) is 41.5 Å². The molecule has 0 radical (unpaired) electrons. The summed E-state index contributed by atoms with van der Waals surface area (Å²) in [6.07, 6.45) is 4.14. The van der Waals surface area contributed by atoms with E-state index in [1.807, 2.05) is 18.7 Å². The Labute approximate surface area is 134 Å². The molecule has 1 rings (SSSR count). The van der Waals surface area contributed by atoms with Crippen LogP contribution in [0.4, 0.5) is 4.79 Å². The maximum atomic E-state index is 11.8. The van der Waals surface area contributed by atoms with E-state index in [0.29, 0.717) is 24.4 Å². The number of nitrogens with zero attached hydrogens (tertiary/aromatic N) is 4. The van der Waals surface area contributed by atoms with E-state index in [0.717, 1.165) is 13.1 Å². The van der Waals surface area contributed by atoms with Gasteiger partial charge in [0, 0.05) is 13.1 Å². The molecule has 1 aromatic rings. The van der Waals surface area contributed by atoms with Gasteiger partial charge in [-0.3, -0.25) is 0 Å². The maximum Gasteiger partial charge on any atom is 0.409 e. The lowest BCUT2D eigenvalue weighted by atomic mass is 10.1. The number of hydrogen-bond donors (Lipinski definition) is 0. The van der Waals surface area contributed by atoms with Crippen molar-refractivity contribution in [2.75, 3.05) is 19.7 Å². The molecule has 0 aromatic carbocycles. The topological polar surface area (TPSA) is 68.2 Å². The maximum absolute atomic E-state index is 11.8. The number of rotatable bonds is 6. The second-order valence-corrected chi connectivity index (χ2v) is 6.46. The molecule has 0 unspecified atom stereocenters. The fourth-order valence-corrected chi connectivity index (χ4v) is 1.64. The van der Waals surface area contributed by atoms with E-state index in [4.69, 9.17) is 4.74 Å². The molecule has 1 heterocycles. The van der Waals surface area contributed by atoms with Gasteiger partial charge in [-0.15, -0.1) is 0 Å². The van der Waals surface area contributed by atoms with Crippen LogP contribution in [-0.2, 0) is 4.74 Å². The van der Waals surface area contributed by atoms with Gasteiger partial charge in [0.15, 0.2) is 0 Å². The van der Waals surface area contributed by atoms with Gasteiger partial charge in [-0.2, -0.15) is 0 Å². The number of carbonyl (C=O) groups is 1. The minimum atomic E-state index is -0.170. The highest BCUT2D eigenvalue weighted by Crippen LogP contribution is 2.07. The fraction of sp³-hybridized carbons (Fsp3) is 0.750. The van der Waals surface area contributed by atoms with Crippen LogP contribution in [0.15, 0.2) is 19.0 Å². The Morgan fingerprint density at radius 3 is 1.55 bits per heavy atom. The summed E-state index contributed by atoms with van der Waals surface area (Å²) in [5, 5.41) is 0. The first-order chi connectivity index (χ1) is 10.3. The number of hydrogen-bond acceptors (Lipinski definition) is 5. The number of aromatic nitrogens is 3. The van der Waals surface area contributed by atoms with Crippen molar-refractivity contribution in [1.29, 1.82) is 0 Å². The van der Waals surface area contributed by atoms with Crippen molar-refractivity contribution in [3.05, 3.63) is 19.0 Å². The van der Waals surface area contributed by atoms with Gasteiger partial charge >= 0.3 is 6.09 Å². The normalized spacial score (nSPS) is 10.4. The van der Waals surface area contributed by atoms with Gasteiger partial charge in [0.05, 0.1) is 6.61 Å². The molecule has 0 aliphatic carbocycles. The summed E-state index contributed by atoms with van der Waals surface area (Å²) in [7, 11) is 0. The van der Waals surface area contributed by atoms with E-state index in [1.165, 1.54) is 19.0 Å². The van der Waals surface area contributed by atoms with Crippen LogP contribution in [0.3, 0.4) is 0 Å². The molecule has 0 N–H and O–H groups in total. The molecule has 6 nitrogen and oxygen atoms in total. The molecule has 6 heteroatoms. The van der Waals surface area contributed by atoms with Crippen molar-refractivity contribution in [2.24, 2.45) is 17.8 Å². The van der Waals surface area contributed by atoms with Crippen LogP contribution in [-0.4, -0.2) is 45.6 Å². The lowest BCUT2D eigenvalue weighted by molar-refractivity contribution is 0.0840. The Morgan fingerprint density at radius 1 is 0.864 bits per heavy atom. The third-order valence-electron chi connectivity index (χ3n) is 2.37. The zero-order chi connectivity index (χ0) is 17.0. The molecule has 0 saturated heterocycles. The molecule has 0 aliphatic heterocycles. The van der Waals surface area contributed by atoms with Gasteiger partial charge in [0.2, 0.25) is 0 Å². The first-order valence-corrected chi connectivity index (χ1v) is 7.79. The average Bonchev–Trinajstić information content (AvgIpc) is 2.45. The monoisotopic (exact) mass is 310 g/mol. The van der Waals surface area contributed by atoms with E-state index in [1.54, 1.807) is 0 Å². The SMILES string of the molecule is CC(C)COC(=O)N(CC(C)C)CC(C)C.c1ncncn1. The third kappa shape index (κ3) is 12.1. The van der Waals surface area contributed by atoms with E-state index >= 15 is 0 Å². The van der Waals surface area contributed by atoms with Crippen molar-refractivity contribution in [1.82, 2.24) is 19.9 Å². The molecule has 126 valence electrons. The van der Waals surface area contributed by atoms with Crippen molar-refractivity contribution in [3.8, 4) is 0 Å². The largest absolute Gasteiger partial charge is 0.449 e. The minimum Gasteiger partial charge on any atom is -0.449 e. The molecule has 0 atom stereocenters. The highest BCUT2D eigenvalue weighted by atomic mass is 16.6. The summed E-state index contributed by atoms with van der Waals surface area (Å²) in [4.78, 5) is 24.3. The zero-order valence-corrected chi connectivity index (χ0v) is 14.7. The van der Waals surface area contributed by atoms with Crippen LogP contribution in [0.2, 0.25) is 0 Å². The molecule has 0 aliphatic rings. The molecule has 1 aromatic heterocycles. The predicted molar refractivity (Wildman–Crippen MR) is 87.3 cm³/mol. The summed E-state index contributed by atoms with van der Waals surface area (Å²) in [6.45, 7) is 14.6. The second kappa shape index (κ2) is 11.9. The highest BCUT2D eigenvalue weighted by Gasteiger charge is 2.17. The summed E-state index contributed by atoms with van der Waals surface area (Å²) in [5.41, 5.74) is 0. The van der Waals surface area contributed by atoms with E-state index < -0.39 is 0 Å². The van der Waals surface area contributed by atoms with Gasteiger partial charge in [-0.1, -0.05) is 41.5 Å². The summed E-state index contributed by atoms with van der Waals surface area (Å²) >= 11 is 0. The summed E-state index contributed by atoms with van der Waals surface area (Å²) in [6, 6.07) is 0. The van der Waals surface area contributed by atoms with Crippen LogP contribution in [0.5, 0.6) is 0 Å².